The minimum Gasteiger partial charge on any atom is -0.442 e. The van der Waals surface area contributed by atoms with E-state index in [4.69, 9.17) is 4.74 Å². The van der Waals surface area contributed by atoms with Crippen molar-refractivity contribution in [3.63, 3.8) is 0 Å². The number of anilines is 1. The summed E-state index contributed by atoms with van der Waals surface area (Å²) in [6.07, 6.45) is 7.89. The van der Waals surface area contributed by atoms with E-state index >= 15 is 0 Å². The fourth-order valence-electron chi connectivity index (χ4n) is 1.86. The zero-order valence-corrected chi connectivity index (χ0v) is 9.76. The summed E-state index contributed by atoms with van der Waals surface area (Å²) >= 11 is 0. The first-order valence-electron chi connectivity index (χ1n) is 6.04. The molecule has 0 aromatic heterocycles. The lowest BCUT2D eigenvalue weighted by Gasteiger charge is -2.13. The van der Waals surface area contributed by atoms with Gasteiger partial charge in [0.1, 0.15) is 6.10 Å². The van der Waals surface area contributed by atoms with Gasteiger partial charge in [-0.15, -0.1) is 0 Å². The highest BCUT2D eigenvalue weighted by molar-refractivity contribution is 5.84. The number of amides is 1. The maximum Gasteiger partial charge on any atom is 0.412 e. The van der Waals surface area contributed by atoms with Crippen LogP contribution in [0.3, 0.4) is 0 Å². The Bertz CT molecular complexity index is 386. The van der Waals surface area contributed by atoms with Crippen LogP contribution in [0.5, 0.6) is 0 Å². The van der Waals surface area contributed by atoms with E-state index in [2.05, 4.69) is 11.4 Å². The lowest BCUT2D eigenvalue weighted by Crippen LogP contribution is -2.20. The van der Waals surface area contributed by atoms with Gasteiger partial charge in [-0.25, -0.2) is 4.79 Å². The molecule has 1 aromatic carbocycles. The zero-order valence-electron chi connectivity index (χ0n) is 9.76. The minimum atomic E-state index is -0.382. The standard InChI is InChI=1S/C14H17NO2/c16-14(15-12-8-4-3-5-9-12)17-13-10-6-1-2-7-11-13/h3-6,8-10,13H,1-2,7,11H2,(H,15,16). The maximum absolute atomic E-state index is 11.6. The second-order valence-corrected chi connectivity index (χ2v) is 4.15. The van der Waals surface area contributed by atoms with E-state index < -0.39 is 0 Å². The van der Waals surface area contributed by atoms with Gasteiger partial charge in [-0.05, 0) is 43.9 Å². The van der Waals surface area contributed by atoms with Crippen LogP contribution >= 0.6 is 0 Å². The van der Waals surface area contributed by atoms with Crippen molar-refractivity contribution >= 4 is 11.8 Å². The summed E-state index contributed by atoms with van der Waals surface area (Å²) in [6.45, 7) is 0. The number of benzene rings is 1. The maximum atomic E-state index is 11.6. The Labute approximate surface area is 101 Å². The van der Waals surface area contributed by atoms with Crippen LogP contribution in [0.4, 0.5) is 10.5 Å². The molecule has 3 nitrogen and oxygen atoms in total. The molecule has 1 N–H and O–H groups in total. The summed E-state index contributed by atoms with van der Waals surface area (Å²) in [5, 5.41) is 2.71. The van der Waals surface area contributed by atoms with Crippen molar-refractivity contribution in [3.05, 3.63) is 42.5 Å². The quantitative estimate of drug-likeness (QED) is 0.787. The van der Waals surface area contributed by atoms with Crippen molar-refractivity contribution in [2.45, 2.75) is 31.8 Å². The average molecular weight is 231 g/mol. The van der Waals surface area contributed by atoms with Crippen LogP contribution in [0.1, 0.15) is 25.7 Å². The van der Waals surface area contributed by atoms with Crippen LogP contribution in [0.15, 0.2) is 42.5 Å². The Morgan fingerprint density at radius 2 is 2.06 bits per heavy atom. The fraction of sp³-hybridized carbons (Fsp3) is 0.357. The molecule has 90 valence electrons. The molecule has 0 fully saturated rings. The molecular weight excluding hydrogens is 214 g/mol. The van der Waals surface area contributed by atoms with Crippen molar-refractivity contribution < 1.29 is 9.53 Å². The van der Waals surface area contributed by atoms with Crippen molar-refractivity contribution in [2.24, 2.45) is 0 Å². The zero-order chi connectivity index (χ0) is 11.9. The summed E-state index contributed by atoms with van der Waals surface area (Å²) in [5.41, 5.74) is 0.759. The van der Waals surface area contributed by atoms with Crippen LogP contribution < -0.4 is 5.32 Å². The molecule has 2 rings (SSSR count). The molecule has 1 aromatic rings. The first-order chi connectivity index (χ1) is 8.34. The van der Waals surface area contributed by atoms with Crippen LogP contribution in [0.2, 0.25) is 0 Å². The molecule has 1 aliphatic carbocycles. The van der Waals surface area contributed by atoms with Crippen molar-refractivity contribution in [3.8, 4) is 0 Å². The second kappa shape index (κ2) is 6.09. The first-order valence-corrected chi connectivity index (χ1v) is 6.04. The Morgan fingerprint density at radius 1 is 1.24 bits per heavy atom. The number of allylic oxidation sites excluding steroid dienone is 1. The molecule has 0 saturated carbocycles. The van der Waals surface area contributed by atoms with Crippen LogP contribution in [0.25, 0.3) is 0 Å². The first kappa shape index (κ1) is 11.7. The molecule has 1 unspecified atom stereocenters. The van der Waals surface area contributed by atoms with Gasteiger partial charge < -0.3 is 4.74 Å². The Morgan fingerprint density at radius 3 is 2.88 bits per heavy atom. The van der Waals surface area contributed by atoms with Gasteiger partial charge in [-0.2, -0.15) is 0 Å². The third-order valence-electron chi connectivity index (χ3n) is 2.74. The predicted molar refractivity (Wildman–Crippen MR) is 67.9 cm³/mol. The Kier molecular flexibility index (Phi) is 4.19. The van der Waals surface area contributed by atoms with Gasteiger partial charge in [-0.3, -0.25) is 5.32 Å². The number of carbonyl (C=O) groups is 1. The predicted octanol–water partition coefficient (Wildman–Crippen LogP) is 3.73. The van der Waals surface area contributed by atoms with E-state index in [0.717, 1.165) is 24.9 Å². The van der Waals surface area contributed by atoms with Gasteiger partial charge in [0, 0.05) is 5.69 Å². The van der Waals surface area contributed by atoms with Gasteiger partial charge in [0.05, 0.1) is 0 Å². The lowest BCUT2D eigenvalue weighted by atomic mass is 10.2. The molecule has 1 atom stereocenters. The van der Waals surface area contributed by atoms with Crippen LogP contribution in [-0.4, -0.2) is 12.2 Å². The van der Waals surface area contributed by atoms with Crippen LogP contribution in [-0.2, 0) is 4.74 Å². The fourth-order valence-corrected chi connectivity index (χ4v) is 1.86. The Balaban J connectivity index is 1.84. The molecule has 1 amide bonds. The normalized spacial score (nSPS) is 19.4. The molecule has 0 bridgehead atoms. The van der Waals surface area contributed by atoms with Gasteiger partial charge in [-0.1, -0.05) is 24.3 Å². The van der Waals surface area contributed by atoms with Crippen molar-refractivity contribution in [2.75, 3.05) is 5.32 Å². The van der Waals surface area contributed by atoms with Crippen molar-refractivity contribution in [1.82, 2.24) is 0 Å². The number of hydrogen-bond acceptors (Lipinski definition) is 2. The van der Waals surface area contributed by atoms with E-state index in [0.29, 0.717) is 0 Å². The number of rotatable bonds is 2. The molecule has 0 radical (unpaired) electrons. The van der Waals surface area contributed by atoms with Gasteiger partial charge in [0.2, 0.25) is 0 Å². The molecule has 17 heavy (non-hydrogen) atoms. The molecule has 1 aliphatic rings. The number of ether oxygens (including phenoxy) is 1. The highest BCUT2D eigenvalue weighted by Gasteiger charge is 2.12. The monoisotopic (exact) mass is 231 g/mol. The van der Waals surface area contributed by atoms with E-state index in [1.807, 2.05) is 36.4 Å². The largest absolute Gasteiger partial charge is 0.442 e. The SMILES string of the molecule is O=C(Nc1ccccc1)OC1C=CCCCC1. The summed E-state index contributed by atoms with van der Waals surface area (Å²) in [4.78, 5) is 11.6. The van der Waals surface area contributed by atoms with Gasteiger partial charge in [0.15, 0.2) is 0 Å². The summed E-state index contributed by atoms with van der Waals surface area (Å²) in [5.74, 6) is 0. The topological polar surface area (TPSA) is 38.3 Å². The number of nitrogens with one attached hydrogen (secondary N) is 1. The Hall–Kier alpha value is -1.77. The second-order valence-electron chi connectivity index (χ2n) is 4.15. The highest BCUT2D eigenvalue weighted by atomic mass is 16.6. The summed E-state index contributed by atoms with van der Waals surface area (Å²) < 4.78 is 5.34. The third-order valence-corrected chi connectivity index (χ3v) is 2.74. The smallest absolute Gasteiger partial charge is 0.412 e. The minimum absolute atomic E-state index is 0.0822. The van der Waals surface area contributed by atoms with E-state index in [-0.39, 0.29) is 12.2 Å². The average Bonchev–Trinajstić information content (AvgIpc) is 2.59. The van der Waals surface area contributed by atoms with E-state index in [9.17, 15) is 4.79 Å². The molecule has 0 saturated heterocycles. The molecule has 0 spiro atoms. The van der Waals surface area contributed by atoms with Crippen molar-refractivity contribution in [1.29, 1.82) is 0 Å². The summed E-state index contributed by atoms with van der Waals surface area (Å²) in [7, 11) is 0. The van der Waals surface area contributed by atoms with Gasteiger partial charge in [0.25, 0.3) is 0 Å². The summed E-state index contributed by atoms with van der Waals surface area (Å²) in [6, 6.07) is 9.33. The lowest BCUT2D eigenvalue weighted by molar-refractivity contribution is 0.129. The number of carbonyl (C=O) groups excluding carboxylic acids is 1. The van der Waals surface area contributed by atoms with E-state index in [1.165, 1.54) is 6.42 Å². The highest BCUT2D eigenvalue weighted by Crippen LogP contribution is 2.15. The van der Waals surface area contributed by atoms with E-state index in [1.54, 1.807) is 0 Å². The third kappa shape index (κ3) is 3.94. The molecular formula is C14H17NO2. The molecule has 0 heterocycles. The molecule has 0 aliphatic heterocycles. The number of para-hydroxylation sites is 1. The number of hydrogen-bond donors (Lipinski definition) is 1. The van der Waals surface area contributed by atoms with Gasteiger partial charge >= 0.3 is 6.09 Å². The molecule has 3 heteroatoms. The van der Waals surface area contributed by atoms with Crippen LogP contribution in [0, 0.1) is 0 Å².